The second-order valence-electron chi connectivity index (χ2n) is 26.4. The average Bonchev–Trinajstić information content (AvgIpc) is 1.74. The fraction of sp³-hybridized carbons (Fsp3) is 0.215. The molecule has 0 N–H and O–H groups in total. The zero-order valence-corrected chi connectivity index (χ0v) is 50.8. The van der Waals surface area contributed by atoms with Gasteiger partial charge in [-0.25, -0.2) is 4.98 Å². The van der Waals surface area contributed by atoms with E-state index in [1.807, 2.05) is 6.20 Å². The van der Waals surface area contributed by atoms with E-state index in [1.165, 1.54) is 38.8 Å². The highest BCUT2D eigenvalue weighted by atomic mass is 16.5. The van der Waals surface area contributed by atoms with Gasteiger partial charge in [-0.15, -0.1) is 0 Å². The molecule has 0 atom stereocenters. The second-order valence-corrected chi connectivity index (χ2v) is 26.4. The van der Waals surface area contributed by atoms with Crippen molar-refractivity contribution in [1.82, 2.24) is 14.1 Å². The van der Waals surface area contributed by atoms with Gasteiger partial charge in [0.1, 0.15) is 17.3 Å². The first-order valence-electron chi connectivity index (χ1n) is 29.6. The Bertz CT molecular complexity index is 4340. The van der Waals surface area contributed by atoms with Crippen molar-refractivity contribution >= 4 is 21.8 Å². The van der Waals surface area contributed by atoms with Crippen LogP contribution in [0.25, 0.3) is 61.3 Å². The normalized spacial score (nSPS) is 12.5. The van der Waals surface area contributed by atoms with E-state index in [4.69, 9.17) is 9.72 Å². The van der Waals surface area contributed by atoms with Gasteiger partial charge in [-0.2, -0.15) is 0 Å². The van der Waals surface area contributed by atoms with Gasteiger partial charge in [-0.3, -0.25) is 13.7 Å². The van der Waals surface area contributed by atoms with Gasteiger partial charge in [0.15, 0.2) is 0 Å². The molecule has 0 aliphatic heterocycles. The van der Waals surface area contributed by atoms with Gasteiger partial charge in [0.05, 0.1) is 33.8 Å². The van der Waals surface area contributed by atoms with E-state index >= 15 is 0 Å². The molecular formula is C79H76N4O. The fourth-order valence-electron chi connectivity index (χ4n) is 12.5. The molecule has 0 amide bonds. The van der Waals surface area contributed by atoms with Gasteiger partial charge in [-0.1, -0.05) is 259 Å². The average molecular weight is 1100 g/mol. The minimum atomic E-state index is -0.563. The molecule has 3 aromatic heterocycles. The van der Waals surface area contributed by atoms with Gasteiger partial charge >= 0.3 is 0 Å². The van der Waals surface area contributed by atoms with Crippen LogP contribution >= 0.6 is 0 Å². The maximum Gasteiger partial charge on any atom is 0.269 e. The molecule has 0 saturated carbocycles. The number of hydrogen-bond donors (Lipinski definition) is 0. The summed E-state index contributed by atoms with van der Waals surface area (Å²) in [6.45, 7) is 27.8. The first-order valence-corrected chi connectivity index (χ1v) is 29.6. The van der Waals surface area contributed by atoms with Crippen molar-refractivity contribution in [3.8, 4) is 50.9 Å². The van der Waals surface area contributed by atoms with E-state index in [0.29, 0.717) is 5.75 Å². The second kappa shape index (κ2) is 21.3. The molecule has 0 fully saturated rings. The van der Waals surface area contributed by atoms with Crippen LogP contribution in [0, 0.1) is 6.33 Å². The summed E-state index contributed by atoms with van der Waals surface area (Å²) in [7, 11) is 0. The number of pyridine rings is 1. The number of fused-ring (bicyclic) bond motifs is 3. The molecule has 0 aliphatic rings. The van der Waals surface area contributed by atoms with Crippen LogP contribution in [-0.4, -0.2) is 14.1 Å². The van der Waals surface area contributed by atoms with Crippen LogP contribution in [0.5, 0.6) is 11.5 Å². The number of ether oxygens (including phenoxy) is 1. The van der Waals surface area contributed by atoms with Crippen LogP contribution in [0.3, 0.4) is 0 Å². The maximum absolute atomic E-state index is 7.57. The lowest BCUT2D eigenvalue weighted by molar-refractivity contribution is -0.611. The summed E-state index contributed by atoms with van der Waals surface area (Å²) in [6, 6.07) is 85.7. The molecule has 0 aliphatic carbocycles. The van der Waals surface area contributed by atoms with Crippen LogP contribution in [0.1, 0.15) is 128 Å². The predicted molar refractivity (Wildman–Crippen MR) is 349 cm³/mol. The number of hydrogen-bond acceptors (Lipinski definition) is 2. The number of para-hydroxylation sites is 1. The number of benzene rings is 9. The zero-order valence-electron chi connectivity index (χ0n) is 50.8. The van der Waals surface area contributed by atoms with Gasteiger partial charge in [0.2, 0.25) is 0 Å². The summed E-state index contributed by atoms with van der Waals surface area (Å²) in [6.07, 6.45) is 6.11. The predicted octanol–water partition coefficient (Wildman–Crippen LogP) is 19.7. The third-order valence-electron chi connectivity index (χ3n) is 17.4. The standard InChI is InChI=1S/C79H76N4O/c1-75(2,3)61-42-43-80-71(49-61)83-69-41-29-28-40-67(69)72-68(77(7,8)58-34-22-15-23-35-58)51-66(52-70(72)83)84-65-47-57(55-32-20-14-21-33-55)46-64(50-65)82-53-81(63-45-56(54-30-18-13-19-31-54)44-62(48-63)76(4,5)6)73(78(9,10)59-36-24-16-25-37-59)74(82)79(11,12)60-38-26-17-27-39-60/h13-52H,1-12H3. The largest absolute Gasteiger partial charge is 0.458 e. The minimum absolute atomic E-state index is 0.0844. The summed E-state index contributed by atoms with van der Waals surface area (Å²) >= 11 is 0. The summed E-state index contributed by atoms with van der Waals surface area (Å²) in [5.41, 5.74) is 16.2. The number of aromatic nitrogens is 4. The van der Waals surface area contributed by atoms with E-state index in [2.05, 4.69) is 340 Å². The molecule has 12 rings (SSSR count). The van der Waals surface area contributed by atoms with Crippen molar-refractivity contribution in [2.24, 2.45) is 0 Å². The molecule has 418 valence electrons. The van der Waals surface area contributed by atoms with Crippen molar-refractivity contribution in [3.05, 3.63) is 294 Å². The van der Waals surface area contributed by atoms with Crippen LogP contribution in [0.4, 0.5) is 0 Å². The van der Waals surface area contributed by atoms with Crippen LogP contribution in [0.15, 0.2) is 243 Å². The van der Waals surface area contributed by atoms with Crippen LogP contribution in [-0.2, 0) is 27.1 Å². The molecule has 84 heavy (non-hydrogen) atoms. The molecule has 0 spiro atoms. The number of rotatable bonds is 13. The highest BCUT2D eigenvalue weighted by Gasteiger charge is 2.40. The lowest BCUT2D eigenvalue weighted by Crippen LogP contribution is -2.43. The minimum Gasteiger partial charge on any atom is -0.458 e. The summed E-state index contributed by atoms with van der Waals surface area (Å²) in [5, 5.41) is 2.34. The van der Waals surface area contributed by atoms with Crippen molar-refractivity contribution in [3.63, 3.8) is 0 Å². The Labute approximate surface area is 497 Å². The van der Waals surface area contributed by atoms with E-state index in [9.17, 15) is 0 Å². The first-order chi connectivity index (χ1) is 40.2. The third-order valence-corrected chi connectivity index (χ3v) is 17.4. The Kier molecular flexibility index (Phi) is 14.1. The van der Waals surface area contributed by atoms with Crippen LogP contribution < -0.4 is 9.30 Å². The zero-order chi connectivity index (χ0) is 58.8. The third kappa shape index (κ3) is 10.2. The van der Waals surface area contributed by atoms with Gasteiger partial charge < -0.3 is 4.74 Å². The lowest BCUT2D eigenvalue weighted by Gasteiger charge is -2.35. The first kappa shape index (κ1) is 55.5. The molecule has 5 nitrogen and oxygen atoms in total. The van der Waals surface area contributed by atoms with Crippen molar-refractivity contribution in [2.75, 3.05) is 0 Å². The highest BCUT2D eigenvalue weighted by Crippen LogP contribution is 2.47. The molecular weight excluding hydrogens is 1020 g/mol. The molecule has 0 saturated heterocycles. The molecule has 0 radical (unpaired) electrons. The van der Waals surface area contributed by atoms with E-state index in [0.717, 1.165) is 73.0 Å². The molecule has 9 aromatic carbocycles. The SMILES string of the molecule is CC(C)(C)c1cc(-c2ccccc2)cc(-[n+]2[c-]n(-c3cc(Oc4cc(C(C)(C)c5ccccc5)c5c6ccccc6n(-c6cc(C(C)(C)C)ccn6)c5c4)cc(-c4ccccc4)c3)c(C(C)(C)c3ccccc3)c2C(C)(C)c2ccccc2)c1. The van der Waals surface area contributed by atoms with Gasteiger partial charge in [-0.05, 0) is 121 Å². The molecule has 5 heteroatoms. The summed E-state index contributed by atoms with van der Waals surface area (Å²) < 4.78 is 14.6. The number of nitrogens with zero attached hydrogens (tertiary/aromatic N) is 4. The van der Waals surface area contributed by atoms with Gasteiger partial charge in [0, 0.05) is 39.3 Å². The quantitative estimate of drug-likeness (QED) is 0.0852. The molecule has 12 aromatic rings. The fourth-order valence-corrected chi connectivity index (χ4v) is 12.5. The monoisotopic (exact) mass is 1100 g/mol. The Hall–Kier alpha value is -9.06. The van der Waals surface area contributed by atoms with E-state index in [1.54, 1.807) is 0 Å². The maximum atomic E-state index is 7.57. The Balaban J connectivity index is 1.16. The van der Waals surface area contributed by atoms with Crippen molar-refractivity contribution in [2.45, 2.75) is 110 Å². The topological polar surface area (TPSA) is 35.9 Å². The highest BCUT2D eigenvalue weighted by molar-refractivity contribution is 6.12. The van der Waals surface area contributed by atoms with Crippen molar-refractivity contribution in [1.29, 1.82) is 0 Å². The Morgan fingerprint density at radius 3 is 1.50 bits per heavy atom. The van der Waals surface area contributed by atoms with E-state index < -0.39 is 16.2 Å². The van der Waals surface area contributed by atoms with E-state index in [-0.39, 0.29) is 10.8 Å². The molecule has 0 unspecified atom stereocenters. The Morgan fingerprint density at radius 2 is 0.917 bits per heavy atom. The lowest BCUT2D eigenvalue weighted by atomic mass is 9.73. The van der Waals surface area contributed by atoms with Crippen LogP contribution in [0.2, 0.25) is 0 Å². The molecule has 3 heterocycles. The molecule has 0 bridgehead atoms. The smallest absolute Gasteiger partial charge is 0.269 e. The van der Waals surface area contributed by atoms with Gasteiger partial charge in [0.25, 0.3) is 6.33 Å². The van der Waals surface area contributed by atoms with Crippen molar-refractivity contribution < 1.29 is 9.30 Å². The summed E-state index contributed by atoms with van der Waals surface area (Å²) in [4.78, 5) is 5.12. The number of imidazole rings is 1. The summed E-state index contributed by atoms with van der Waals surface area (Å²) in [5.74, 6) is 2.29. The Morgan fingerprint density at radius 1 is 0.405 bits per heavy atom.